The summed E-state index contributed by atoms with van der Waals surface area (Å²) in [5.41, 5.74) is 4.30. The molecule has 1 aliphatic heterocycles. The summed E-state index contributed by atoms with van der Waals surface area (Å²) in [5.74, 6) is 0.261. The molecule has 5 heteroatoms. The van der Waals surface area contributed by atoms with Gasteiger partial charge >= 0.3 is 0 Å². The number of nitrogens with two attached hydrogens (primary N) is 1. The van der Waals surface area contributed by atoms with Gasteiger partial charge in [0, 0.05) is 19.7 Å². The van der Waals surface area contributed by atoms with Crippen molar-refractivity contribution >= 4 is 5.91 Å². The van der Waals surface area contributed by atoms with Crippen LogP contribution in [0.25, 0.3) is 0 Å². The summed E-state index contributed by atoms with van der Waals surface area (Å²) in [6.45, 7) is 5.41. The summed E-state index contributed by atoms with van der Waals surface area (Å²) < 4.78 is 5.56. The van der Waals surface area contributed by atoms with Crippen molar-refractivity contribution in [2.24, 2.45) is 11.7 Å². The minimum Gasteiger partial charge on any atom is -0.388 e. The van der Waals surface area contributed by atoms with Gasteiger partial charge in [0.25, 0.3) is 0 Å². The van der Waals surface area contributed by atoms with Gasteiger partial charge in [-0.05, 0) is 45.1 Å². The topological polar surface area (TPSA) is 75.8 Å². The molecule has 19 heavy (non-hydrogen) atoms. The molecule has 2 rings (SSSR count). The van der Waals surface area contributed by atoms with E-state index in [1.54, 1.807) is 0 Å². The highest BCUT2D eigenvalue weighted by Crippen LogP contribution is 2.32. The smallest absolute Gasteiger partial charge is 0.220 e. The van der Waals surface area contributed by atoms with Crippen molar-refractivity contribution in [1.29, 1.82) is 0 Å². The molecule has 1 aliphatic carbocycles. The Labute approximate surface area is 115 Å². The molecule has 0 aromatic carbocycles. The summed E-state index contributed by atoms with van der Waals surface area (Å²) in [6.07, 6.45) is 4.38. The third-order valence-electron chi connectivity index (χ3n) is 4.25. The number of nitrogens with zero attached hydrogens (tertiary/aromatic N) is 1. The van der Waals surface area contributed by atoms with Crippen LogP contribution >= 0.6 is 0 Å². The molecule has 2 aliphatic rings. The number of primary amides is 1. The lowest BCUT2D eigenvalue weighted by Gasteiger charge is -2.43. The predicted molar refractivity (Wildman–Crippen MR) is 72.6 cm³/mol. The monoisotopic (exact) mass is 270 g/mol. The molecular formula is C14H26N2O3. The zero-order valence-electron chi connectivity index (χ0n) is 11.8. The van der Waals surface area contributed by atoms with Crippen LogP contribution < -0.4 is 5.73 Å². The SMILES string of the molecule is CCOC1CC(CN2CCCC(O)(CC(N)=O)C2)C1. The molecule has 5 nitrogen and oxygen atoms in total. The second-order valence-corrected chi connectivity index (χ2v) is 6.12. The Morgan fingerprint density at radius 1 is 1.53 bits per heavy atom. The van der Waals surface area contributed by atoms with Gasteiger partial charge in [-0.3, -0.25) is 4.79 Å². The fourth-order valence-corrected chi connectivity index (χ4v) is 3.39. The number of carbonyl (C=O) groups excluding carboxylic acids is 1. The van der Waals surface area contributed by atoms with Crippen LogP contribution in [0.15, 0.2) is 0 Å². The average molecular weight is 270 g/mol. The summed E-state index contributed by atoms with van der Waals surface area (Å²) in [4.78, 5) is 13.3. The van der Waals surface area contributed by atoms with Gasteiger partial charge in [0.15, 0.2) is 0 Å². The molecule has 0 aromatic rings. The van der Waals surface area contributed by atoms with Gasteiger partial charge in [0.05, 0.1) is 18.1 Å². The summed E-state index contributed by atoms with van der Waals surface area (Å²) >= 11 is 0. The van der Waals surface area contributed by atoms with Crippen LogP contribution in [0.4, 0.5) is 0 Å². The fraction of sp³-hybridized carbons (Fsp3) is 0.929. The summed E-state index contributed by atoms with van der Waals surface area (Å²) in [7, 11) is 0. The molecule has 1 saturated carbocycles. The molecule has 0 spiro atoms. The normalized spacial score (nSPS) is 35.9. The van der Waals surface area contributed by atoms with Crippen LogP contribution in [0.3, 0.4) is 0 Å². The Morgan fingerprint density at radius 2 is 2.26 bits per heavy atom. The molecule has 0 aromatic heterocycles. The number of rotatable bonds is 6. The minimum atomic E-state index is -0.910. The van der Waals surface area contributed by atoms with E-state index in [-0.39, 0.29) is 6.42 Å². The standard InChI is InChI=1S/C14H26N2O3/c1-2-19-12-6-11(7-12)9-16-5-3-4-14(18,10-16)8-13(15)17/h11-12,18H,2-10H2,1H3,(H2,15,17). The van der Waals surface area contributed by atoms with Crippen LogP contribution in [-0.2, 0) is 9.53 Å². The van der Waals surface area contributed by atoms with Crippen molar-refractivity contribution in [3.8, 4) is 0 Å². The van der Waals surface area contributed by atoms with E-state index < -0.39 is 11.5 Å². The molecule has 2 fully saturated rings. The Morgan fingerprint density at radius 3 is 2.89 bits per heavy atom. The van der Waals surface area contributed by atoms with Crippen LogP contribution in [0.1, 0.15) is 39.0 Å². The Bertz CT molecular complexity index is 318. The maximum atomic E-state index is 11.0. The molecule has 0 radical (unpaired) electrons. The van der Waals surface area contributed by atoms with Crippen molar-refractivity contribution in [3.63, 3.8) is 0 Å². The molecule has 0 bridgehead atoms. The molecule has 1 atom stereocenters. The Hall–Kier alpha value is -0.650. The number of likely N-dealkylation sites (tertiary alicyclic amines) is 1. The van der Waals surface area contributed by atoms with Crippen molar-refractivity contribution in [3.05, 3.63) is 0 Å². The molecule has 1 heterocycles. The highest BCUT2D eigenvalue weighted by molar-refractivity contribution is 5.75. The van der Waals surface area contributed by atoms with E-state index in [0.29, 0.717) is 25.0 Å². The van der Waals surface area contributed by atoms with Crippen LogP contribution in [-0.4, -0.2) is 53.9 Å². The van der Waals surface area contributed by atoms with Gasteiger partial charge in [0.1, 0.15) is 0 Å². The molecule has 1 unspecified atom stereocenters. The maximum absolute atomic E-state index is 11.0. The number of β-amino-alcohol motifs (C(OH)–C–C–N with tert-alkyl or cyclic N) is 1. The molecular weight excluding hydrogens is 244 g/mol. The van der Waals surface area contributed by atoms with E-state index in [1.807, 2.05) is 6.92 Å². The number of piperidine rings is 1. The third-order valence-corrected chi connectivity index (χ3v) is 4.25. The lowest BCUT2D eigenvalue weighted by molar-refractivity contribution is -0.126. The van der Waals surface area contributed by atoms with Gasteiger partial charge in [-0.1, -0.05) is 0 Å². The molecule has 110 valence electrons. The van der Waals surface area contributed by atoms with Gasteiger partial charge in [-0.25, -0.2) is 0 Å². The van der Waals surface area contributed by atoms with Gasteiger partial charge in [0.2, 0.25) is 5.91 Å². The molecule has 1 amide bonds. The second kappa shape index (κ2) is 6.20. The first-order valence-electron chi connectivity index (χ1n) is 7.35. The van der Waals surface area contributed by atoms with Gasteiger partial charge in [-0.15, -0.1) is 0 Å². The van der Waals surface area contributed by atoms with Gasteiger partial charge in [-0.2, -0.15) is 0 Å². The first kappa shape index (κ1) is 14.8. The Balaban J connectivity index is 1.74. The number of aliphatic hydroxyl groups is 1. The van der Waals surface area contributed by atoms with E-state index in [0.717, 1.165) is 39.0 Å². The van der Waals surface area contributed by atoms with E-state index in [9.17, 15) is 9.90 Å². The highest BCUT2D eigenvalue weighted by Gasteiger charge is 2.37. The van der Waals surface area contributed by atoms with E-state index >= 15 is 0 Å². The van der Waals surface area contributed by atoms with E-state index in [2.05, 4.69) is 4.90 Å². The largest absolute Gasteiger partial charge is 0.388 e. The van der Waals surface area contributed by atoms with Crippen molar-refractivity contribution in [1.82, 2.24) is 4.90 Å². The predicted octanol–water partition coefficient (Wildman–Crippen LogP) is 0.504. The van der Waals surface area contributed by atoms with Crippen molar-refractivity contribution in [2.75, 3.05) is 26.2 Å². The number of hydrogen-bond acceptors (Lipinski definition) is 4. The van der Waals surface area contributed by atoms with Gasteiger partial charge < -0.3 is 20.5 Å². The quantitative estimate of drug-likeness (QED) is 0.737. The number of carbonyl (C=O) groups is 1. The minimum absolute atomic E-state index is 0.0791. The van der Waals surface area contributed by atoms with Crippen LogP contribution in [0.5, 0.6) is 0 Å². The van der Waals surface area contributed by atoms with Crippen molar-refractivity contribution in [2.45, 2.75) is 50.7 Å². The van der Waals surface area contributed by atoms with Crippen LogP contribution in [0.2, 0.25) is 0 Å². The molecule has 1 saturated heterocycles. The second-order valence-electron chi connectivity index (χ2n) is 6.12. The lowest BCUT2D eigenvalue weighted by atomic mass is 9.80. The average Bonchev–Trinajstić information content (AvgIpc) is 2.24. The number of hydrogen-bond donors (Lipinski definition) is 2. The zero-order valence-corrected chi connectivity index (χ0v) is 11.8. The third kappa shape index (κ3) is 4.16. The van der Waals surface area contributed by atoms with E-state index in [1.165, 1.54) is 0 Å². The summed E-state index contributed by atoms with van der Waals surface area (Å²) in [6, 6.07) is 0. The van der Waals surface area contributed by atoms with Crippen LogP contribution in [0, 0.1) is 5.92 Å². The summed E-state index contributed by atoms with van der Waals surface area (Å²) in [5, 5.41) is 10.4. The first-order valence-corrected chi connectivity index (χ1v) is 7.35. The maximum Gasteiger partial charge on any atom is 0.220 e. The number of ether oxygens (including phenoxy) is 1. The fourth-order valence-electron chi connectivity index (χ4n) is 3.39. The lowest BCUT2D eigenvalue weighted by Crippen LogP contribution is -2.52. The first-order chi connectivity index (χ1) is 9.00. The van der Waals surface area contributed by atoms with Crippen molar-refractivity contribution < 1.29 is 14.6 Å². The Kier molecular flexibility index (Phi) is 4.81. The highest BCUT2D eigenvalue weighted by atomic mass is 16.5. The zero-order chi connectivity index (χ0) is 13.9. The number of amides is 1. The molecule has 3 N–H and O–H groups in total. The van der Waals surface area contributed by atoms with E-state index in [4.69, 9.17) is 10.5 Å².